The molecule has 0 unspecified atom stereocenters. The number of nitrogens with zero attached hydrogens (tertiary/aromatic N) is 3. The Morgan fingerprint density at radius 1 is 1.29 bits per heavy atom. The molecule has 7 heteroatoms. The fourth-order valence-corrected chi connectivity index (χ4v) is 3.64. The van der Waals surface area contributed by atoms with Gasteiger partial charge in [-0.3, -0.25) is 4.68 Å². The summed E-state index contributed by atoms with van der Waals surface area (Å²) in [6, 6.07) is 6.37. The topological polar surface area (TPSA) is 64.4 Å². The first-order chi connectivity index (χ1) is 11.3. The highest BCUT2D eigenvalue weighted by Crippen LogP contribution is 2.22. The predicted octanol–water partition coefficient (Wildman–Crippen LogP) is 2.52. The van der Waals surface area contributed by atoms with Gasteiger partial charge in [0, 0.05) is 24.8 Å². The van der Waals surface area contributed by atoms with E-state index in [-0.39, 0.29) is 11.4 Å². The van der Waals surface area contributed by atoms with Gasteiger partial charge >= 0.3 is 0 Å². The molecule has 0 radical (unpaired) electrons. The molecule has 1 heterocycles. The Morgan fingerprint density at radius 2 is 1.92 bits per heavy atom. The van der Waals surface area contributed by atoms with Gasteiger partial charge in [0.1, 0.15) is 5.75 Å². The van der Waals surface area contributed by atoms with Crippen LogP contribution in [-0.4, -0.2) is 36.7 Å². The molecule has 130 valence electrons. The van der Waals surface area contributed by atoms with Crippen LogP contribution in [0.25, 0.3) is 0 Å². The Morgan fingerprint density at radius 3 is 2.46 bits per heavy atom. The molecule has 0 aliphatic heterocycles. The van der Waals surface area contributed by atoms with E-state index in [9.17, 15) is 8.42 Å². The molecular formula is C17H23N3O3S. The zero-order valence-corrected chi connectivity index (χ0v) is 15.3. The van der Waals surface area contributed by atoms with E-state index in [0.29, 0.717) is 12.3 Å². The van der Waals surface area contributed by atoms with E-state index < -0.39 is 10.0 Å². The maximum absolute atomic E-state index is 12.7. The van der Waals surface area contributed by atoms with Crippen molar-refractivity contribution < 1.29 is 13.2 Å². The van der Waals surface area contributed by atoms with Crippen molar-refractivity contribution in [2.75, 3.05) is 14.2 Å². The fraction of sp³-hybridized carbons (Fsp3) is 0.353. The second-order valence-corrected chi connectivity index (χ2v) is 7.60. The standard InChI is InChI=1S/C17H23N3O3S/c1-6-11-20-14(3)17(13(2)18-20)12-19(4)24(21,22)16-9-7-15(23-5)8-10-16/h6-10H,1,11-12H2,2-5H3. The first-order valence-electron chi connectivity index (χ1n) is 7.55. The van der Waals surface area contributed by atoms with Crippen molar-refractivity contribution >= 4 is 10.0 Å². The number of hydrogen-bond donors (Lipinski definition) is 0. The fourth-order valence-electron chi connectivity index (χ4n) is 2.50. The molecular weight excluding hydrogens is 326 g/mol. The summed E-state index contributed by atoms with van der Waals surface area (Å²) in [6.07, 6.45) is 1.76. The number of aryl methyl sites for hydroxylation is 1. The number of hydrogen-bond acceptors (Lipinski definition) is 4. The van der Waals surface area contributed by atoms with Crippen LogP contribution in [0.4, 0.5) is 0 Å². The van der Waals surface area contributed by atoms with Gasteiger partial charge in [0.05, 0.1) is 24.2 Å². The first-order valence-corrected chi connectivity index (χ1v) is 8.99. The van der Waals surface area contributed by atoms with Crippen LogP contribution < -0.4 is 4.74 Å². The van der Waals surface area contributed by atoms with E-state index in [4.69, 9.17) is 4.74 Å². The lowest BCUT2D eigenvalue weighted by Crippen LogP contribution is -2.27. The number of aromatic nitrogens is 2. The van der Waals surface area contributed by atoms with Crippen molar-refractivity contribution in [1.29, 1.82) is 0 Å². The molecule has 0 N–H and O–H groups in total. The van der Waals surface area contributed by atoms with E-state index in [1.165, 1.54) is 4.31 Å². The number of methoxy groups -OCH3 is 1. The largest absolute Gasteiger partial charge is 0.497 e. The Kier molecular flexibility index (Phi) is 5.46. The molecule has 0 fully saturated rings. The predicted molar refractivity (Wildman–Crippen MR) is 93.5 cm³/mol. The highest BCUT2D eigenvalue weighted by Gasteiger charge is 2.23. The van der Waals surface area contributed by atoms with Crippen molar-refractivity contribution in [2.45, 2.75) is 31.8 Å². The molecule has 0 aliphatic carbocycles. The molecule has 0 atom stereocenters. The average Bonchev–Trinajstić information content (AvgIpc) is 2.82. The minimum absolute atomic E-state index is 0.236. The SMILES string of the molecule is C=CCn1nc(C)c(CN(C)S(=O)(=O)c2ccc(OC)cc2)c1C. The van der Waals surface area contributed by atoms with Gasteiger partial charge in [-0.05, 0) is 38.1 Å². The number of benzene rings is 1. The van der Waals surface area contributed by atoms with Gasteiger partial charge in [-0.25, -0.2) is 8.42 Å². The summed E-state index contributed by atoms with van der Waals surface area (Å²) < 4.78 is 33.7. The normalized spacial score (nSPS) is 11.7. The number of ether oxygens (including phenoxy) is 1. The van der Waals surface area contributed by atoms with E-state index in [0.717, 1.165) is 17.0 Å². The molecule has 2 aromatic rings. The summed E-state index contributed by atoms with van der Waals surface area (Å²) in [5.74, 6) is 0.619. The van der Waals surface area contributed by atoms with Gasteiger partial charge in [-0.1, -0.05) is 6.08 Å². The quantitative estimate of drug-likeness (QED) is 0.721. The third-order valence-corrected chi connectivity index (χ3v) is 5.80. The van der Waals surface area contributed by atoms with Crippen LogP contribution in [0.15, 0.2) is 41.8 Å². The molecule has 0 saturated carbocycles. The lowest BCUT2D eigenvalue weighted by molar-refractivity contribution is 0.414. The van der Waals surface area contributed by atoms with Crippen LogP contribution in [0, 0.1) is 13.8 Å². The second-order valence-electron chi connectivity index (χ2n) is 5.56. The van der Waals surface area contributed by atoms with Gasteiger partial charge in [0.25, 0.3) is 0 Å². The third kappa shape index (κ3) is 3.52. The van der Waals surface area contributed by atoms with Crippen molar-refractivity contribution in [3.8, 4) is 5.75 Å². The lowest BCUT2D eigenvalue weighted by Gasteiger charge is -2.18. The number of allylic oxidation sites excluding steroid dienone is 1. The molecule has 0 spiro atoms. The Hall–Kier alpha value is -2.12. The minimum Gasteiger partial charge on any atom is -0.497 e. The van der Waals surface area contributed by atoms with E-state index in [2.05, 4.69) is 11.7 Å². The van der Waals surface area contributed by atoms with Crippen molar-refractivity contribution in [3.63, 3.8) is 0 Å². The maximum atomic E-state index is 12.7. The van der Waals surface area contributed by atoms with Gasteiger partial charge in [0.15, 0.2) is 0 Å². The zero-order valence-electron chi connectivity index (χ0n) is 14.5. The Labute approximate surface area is 143 Å². The molecule has 0 amide bonds. The van der Waals surface area contributed by atoms with Gasteiger partial charge < -0.3 is 4.74 Å². The van der Waals surface area contributed by atoms with Crippen molar-refractivity contribution in [3.05, 3.63) is 53.9 Å². The Balaban J connectivity index is 2.27. The van der Waals surface area contributed by atoms with Gasteiger partial charge in [0.2, 0.25) is 10.0 Å². The third-order valence-electron chi connectivity index (χ3n) is 3.98. The summed E-state index contributed by atoms with van der Waals surface area (Å²) in [5, 5.41) is 4.44. The van der Waals surface area contributed by atoms with Crippen LogP contribution >= 0.6 is 0 Å². The number of sulfonamides is 1. The smallest absolute Gasteiger partial charge is 0.243 e. The van der Waals surface area contributed by atoms with Gasteiger partial charge in [-0.15, -0.1) is 6.58 Å². The molecule has 0 saturated heterocycles. The summed E-state index contributed by atoms with van der Waals surface area (Å²) >= 11 is 0. The van der Waals surface area contributed by atoms with Crippen LogP contribution in [-0.2, 0) is 23.1 Å². The molecule has 1 aromatic heterocycles. The molecule has 2 rings (SSSR count). The second kappa shape index (κ2) is 7.19. The summed E-state index contributed by atoms with van der Waals surface area (Å²) in [4.78, 5) is 0.236. The van der Waals surface area contributed by atoms with Crippen LogP contribution in [0.1, 0.15) is 17.0 Å². The average molecular weight is 349 g/mol. The molecule has 6 nitrogen and oxygen atoms in total. The van der Waals surface area contributed by atoms with Crippen LogP contribution in [0.2, 0.25) is 0 Å². The van der Waals surface area contributed by atoms with Gasteiger partial charge in [-0.2, -0.15) is 9.40 Å². The number of rotatable bonds is 7. The van der Waals surface area contributed by atoms with Crippen molar-refractivity contribution in [1.82, 2.24) is 14.1 Å². The van der Waals surface area contributed by atoms with Crippen molar-refractivity contribution in [2.24, 2.45) is 0 Å². The van der Waals surface area contributed by atoms with Crippen LogP contribution in [0.3, 0.4) is 0 Å². The summed E-state index contributed by atoms with van der Waals surface area (Å²) in [6.45, 7) is 8.40. The van der Waals surface area contributed by atoms with E-state index >= 15 is 0 Å². The summed E-state index contributed by atoms with van der Waals surface area (Å²) in [5.41, 5.74) is 2.69. The summed E-state index contributed by atoms with van der Waals surface area (Å²) in [7, 11) is -0.462. The monoisotopic (exact) mass is 349 g/mol. The molecule has 1 aromatic carbocycles. The molecule has 0 bridgehead atoms. The first kappa shape index (κ1) is 18.2. The minimum atomic E-state index is -3.58. The highest BCUT2D eigenvalue weighted by molar-refractivity contribution is 7.89. The lowest BCUT2D eigenvalue weighted by atomic mass is 10.2. The molecule has 0 aliphatic rings. The zero-order chi connectivity index (χ0) is 17.9. The highest BCUT2D eigenvalue weighted by atomic mass is 32.2. The van der Waals surface area contributed by atoms with E-state index in [1.807, 2.05) is 18.5 Å². The molecule has 24 heavy (non-hydrogen) atoms. The van der Waals surface area contributed by atoms with Crippen LogP contribution in [0.5, 0.6) is 5.75 Å². The van der Waals surface area contributed by atoms with E-state index in [1.54, 1.807) is 44.5 Å². The maximum Gasteiger partial charge on any atom is 0.243 e. The Bertz CT molecular complexity index is 824.